The van der Waals surface area contributed by atoms with Gasteiger partial charge in [-0.05, 0) is 0 Å². The van der Waals surface area contributed by atoms with Crippen molar-refractivity contribution in [2.24, 2.45) is 0 Å². The second-order valence-electron chi connectivity index (χ2n) is 2.86. The Hall–Kier alpha value is 0.0900. The van der Waals surface area contributed by atoms with Crippen molar-refractivity contribution in [1.29, 1.82) is 0 Å². The third-order valence-electron chi connectivity index (χ3n) is 1.57. The SMILES string of the molecule is OCCOCCOCCOCCOCCCl. The number of hydrogen-bond donors (Lipinski definition) is 1. The van der Waals surface area contributed by atoms with Crippen molar-refractivity contribution in [3.05, 3.63) is 0 Å². The first-order chi connectivity index (χ1) is 7.91. The Labute approximate surface area is 102 Å². The second-order valence-corrected chi connectivity index (χ2v) is 3.24. The minimum atomic E-state index is 0.0470. The van der Waals surface area contributed by atoms with Gasteiger partial charge in [0.15, 0.2) is 0 Å². The van der Waals surface area contributed by atoms with Crippen LogP contribution in [0.4, 0.5) is 0 Å². The van der Waals surface area contributed by atoms with Crippen LogP contribution >= 0.6 is 11.6 Å². The maximum absolute atomic E-state index is 8.42. The topological polar surface area (TPSA) is 57.2 Å². The molecule has 0 aliphatic rings. The summed E-state index contributed by atoms with van der Waals surface area (Å²) in [6.45, 7) is 4.19. The molecule has 0 radical (unpaired) electrons. The van der Waals surface area contributed by atoms with E-state index in [0.717, 1.165) is 0 Å². The summed E-state index contributed by atoms with van der Waals surface area (Å²) in [6.07, 6.45) is 0. The molecule has 0 aromatic rings. The zero-order valence-electron chi connectivity index (χ0n) is 9.53. The van der Waals surface area contributed by atoms with E-state index in [9.17, 15) is 0 Å². The van der Waals surface area contributed by atoms with Crippen molar-refractivity contribution in [3.63, 3.8) is 0 Å². The van der Waals surface area contributed by atoms with E-state index in [1.54, 1.807) is 0 Å². The number of hydrogen-bond acceptors (Lipinski definition) is 5. The monoisotopic (exact) mass is 256 g/mol. The summed E-state index contributed by atoms with van der Waals surface area (Å²) < 4.78 is 20.6. The molecule has 0 spiro atoms. The molecular formula is C10H21ClO5. The normalized spacial score (nSPS) is 10.9. The summed E-state index contributed by atoms with van der Waals surface area (Å²) in [7, 11) is 0. The molecule has 98 valence electrons. The molecule has 6 heteroatoms. The lowest BCUT2D eigenvalue weighted by molar-refractivity contribution is -0.00423. The number of aliphatic hydroxyl groups excluding tert-OH is 1. The van der Waals surface area contributed by atoms with Crippen molar-refractivity contribution in [1.82, 2.24) is 0 Å². The van der Waals surface area contributed by atoms with Gasteiger partial charge >= 0.3 is 0 Å². The van der Waals surface area contributed by atoms with E-state index in [2.05, 4.69) is 0 Å². The first kappa shape index (κ1) is 16.1. The predicted molar refractivity (Wildman–Crippen MR) is 61.1 cm³/mol. The van der Waals surface area contributed by atoms with Crippen molar-refractivity contribution < 1.29 is 24.1 Å². The summed E-state index contributed by atoms with van der Waals surface area (Å²) in [4.78, 5) is 0. The summed E-state index contributed by atoms with van der Waals surface area (Å²) in [5.74, 6) is 0.511. The maximum Gasteiger partial charge on any atom is 0.0701 e. The van der Waals surface area contributed by atoms with Gasteiger partial charge in [0, 0.05) is 5.88 Å². The van der Waals surface area contributed by atoms with Gasteiger partial charge in [-0.15, -0.1) is 11.6 Å². The van der Waals surface area contributed by atoms with E-state index in [1.807, 2.05) is 0 Å². The molecule has 0 aromatic heterocycles. The fraction of sp³-hybridized carbons (Fsp3) is 1.00. The third-order valence-corrected chi connectivity index (χ3v) is 1.73. The largest absolute Gasteiger partial charge is 0.394 e. The van der Waals surface area contributed by atoms with Crippen LogP contribution in [0.3, 0.4) is 0 Å². The van der Waals surface area contributed by atoms with E-state index in [4.69, 9.17) is 35.7 Å². The molecule has 0 aliphatic heterocycles. The molecule has 0 bridgehead atoms. The molecule has 0 aromatic carbocycles. The summed E-state index contributed by atoms with van der Waals surface area (Å²) >= 11 is 5.42. The van der Waals surface area contributed by atoms with Gasteiger partial charge in [-0.25, -0.2) is 0 Å². The van der Waals surface area contributed by atoms with E-state index >= 15 is 0 Å². The zero-order chi connectivity index (χ0) is 11.9. The molecule has 0 fully saturated rings. The van der Waals surface area contributed by atoms with Gasteiger partial charge in [-0.2, -0.15) is 0 Å². The fourth-order valence-corrected chi connectivity index (χ4v) is 0.990. The van der Waals surface area contributed by atoms with E-state index in [0.29, 0.717) is 58.7 Å². The third kappa shape index (κ3) is 14.1. The van der Waals surface area contributed by atoms with Crippen LogP contribution in [0.5, 0.6) is 0 Å². The van der Waals surface area contributed by atoms with Crippen molar-refractivity contribution in [3.8, 4) is 0 Å². The minimum Gasteiger partial charge on any atom is -0.394 e. The van der Waals surface area contributed by atoms with Crippen LogP contribution in [0, 0.1) is 0 Å². The maximum atomic E-state index is 8.42. The number of alkyl halides is 1. The average molecular weight is 257 g/mol. The molecule has 0 aliphatic carbocycles. The molecule has 16 heavy (non-hydrogen) atoms. The van der Waals surface area contributed by atoms with Crippen molar-refractivity contribution >= 4 is 11.6 Å². The lowest BCUT2D eigenvalue weighted by atomic mass is 10.7. The molecule has 0 heterocycles. The Kier molecular flexibility index (Phi) is 15.2. The molecular weight excluding hydrogens is 236 g/mol. The number of halogens is 1. The van der Waals surface area contributed by atoms with E-state index < -0.39 is 0 Å². The smallest absolute Gasteiger partial charge is 0.0701 e. The van der Waals surface area contributed by atoms with Gasteiger partial charge in [-0.3, -0.25) is 0 Å². The highest BCUT2D eigenvalue weighted by Gasteiger charge is 1.91. The van der Waals surface area contributed by atoms with Gasteiger partial charge < -0.3 is 24.1 Å². The molecule has 0 atom stereocenters. The van der Waals surface area contributed by atoms with E-state index in [1.165, 1.54) is 0 Å². The highest BCUT2D eigenvalue weighted by molar-refractivity contribution is 6.17. The van der Waals surface area contributed by atoms with Crippen LogP contribution in [0.15, 0.2) is 0 Å². The van der Waals surface area contributed by atoms with Crippen molar-refractivity contribution in [2.75, 3.05) is 65.3 Å². The Morgan fingerprint density at radius 1 is 0.625 bits per heavy atom. The average Bonchev–Trinajstić information content (AvgIpc) is 2.31. The second kappa shape index (κ2) is 15.1. The Morgan fingerprint density at radius 3 is 1.38 bits per heavy atom. The highest BCUT2D eigenvalue weighted by Crippen LogP contribution is 1.83. The molecule has 0 saturated carbocycles. The standard InChI is InChI=1S/C10H21ClO5/c11-1-3-13-5-7-15-9-10-16-8-6-14-4-2-12/h12H,1-10H2. The zero-order valence-corrected chi connectivity index (χ0v) is 10.3. The lowest BCUT2D eigenvalue weighted by Gasteiger charge is -2.06. The lowest BCUT2D eigenvalue weighted by Crippen LogP contribution is -2.12. The van der Waals surface area contributed by atoms with Crippen LogP contribution in [-0.4, -0.2) is 70.4 Å². The van der Waals surface area contributed by atoms with Crippen LogP contribution < -0.4 is 0 Å². The van der Waals surface area contributed by atoms with E-state index in [-0.39, 0.29) is 6.61 Å². The minimum absolute atomic E-state index is 0.0470. The molecule has 5 nitrogen and oxygen atoms in total. The Bertz CT molecular complexity index is 112. The molecule has 0 rings (SSSR count). The van der Waals surface area contributed by atoms with Crippen LogP contribution in [0.1, 0.15) is 0 Å². The molecule has 0 amide bonds. The predicted octanol–water partition coefficient (Wildman–Crippen LogP) is 0.284. The number of aliphatic hydroxyl groups is 1. The Balaban J connectivity index is 2.83. The fourth-order valence-electron chi connectivity index (χ4n) is 0.881. The summed E-state index contributed by atoms with van der Waals surface area (Å²) in [5, 5.41) is 8.42. The number of ether oxygens (including phenoxy) is 4. The van der Waals surface area contributed by atoms with Crippen molar-refractivity contribution in [2.45, 2.75) is 0 Å². The van der Waals surface area contributed by atoms with Gasteiger partial charge in [0.05, 0.1) is 59.5 Å². The van der Waals surface area contributed by atoms with Crippen LogP contribution in [-0.2, 0) is 18.9 Å². The quantitative estimate of drug-likeness (QED) is 0.379. The highest BCUT2D eigenvalue weighted by atomic mass is 35.5. The van der Waals surface area contributed by atoms with Gasteiger partial charge in [0.25, 0.3) is 0 Å². The van der Waals surface area contributed by atoms with Gasteiger partial charge in [-0.1, -0.05) is 0 Å². The molecule has 0 saturated heterocycles. The first-order valence-corrected chi connectivity index (χ1v) is 5.93. The molecule has 1 N–H and O–H groups in total. The van der Waals surface area contributed by atoms with Gasteiger partial charge in [0.1, 0.15) is 0 Å². The number of rotatable bonds is 13. The molecule has 0 unspecified atom stereocenters. The van der Waals surface area contributed by atoms with Crippen LogP contribution in [0.2, 0.25) is 0 Å². The summed E-state index contributed by atoms with van der Waals surface area (Å²) in [5.41, 5.74) is 0. The summed E-state index contributed by atoms with van der Waals surface area (Å²) in [6, 6.07) is 0. The Morgan fingerprint density at radius 2 is 1.00 bits per heavy atom. The van der Waals surface area contributed by atoms with Crippen LogP contribution in [0.25, 0.3) is 0 Å². The first-order valence-electron chi connectivity index (χ1n) is 5.39. The van der Waals surface area contributed by atoms with Gasteiger partial charge in [0.2, 0.25) is 0 Å².